The molecule has 23 heavy (non-hydrogen) atoms. The topological polar surface area (TPSA) is 51.2 Å². The number of fused-ring (bicyclic) bond motifs is 3. The van der Waals surface area contributed by atoms with Gasteiger partial charge in [-0.2, -0.15) is 0 Å². The van der Waals surface area contributed by atoms with Crippen molar-refractivity contribution in [2.75, 3.05) is 13.2 Å². The van der Waals surface area contributed by atoms with Gasteiger partial charge in [0.1, 0.15) is 5.75 Å². The first kappa shape index (κ1) is 16.2. The minimum absolute atomic E-state index is 0.0480. The second-order valence-electron chi connectivity index (χ2n) is 5.94. The summed E-state index contributed by atoms with van der Waals surface area (Å²) in [6, 6.07) is 4.02. The first-order chi connectivity index (χ1) is 11.0. The Hall–Kier alpha value is -1.66. The molecule has 122 valence electrons. The number of aromatic nitrogens is 1. The maximum Gasteiger partial charge on any atom is 0.257 e. The Bertz CT molecular complexity index is 836. The molecule has 0 fully saturated rings. The number of nitrogens with zero attached hydrogens (tertiary/aromatic N) is 1. The summed E-state index contributed by atoms with van der Waals surface area (Å²) >= 11 is 3.31. The number of aryl methyl sites for hydroxylation is 1. The van der Waals surface area contributed by atoms with Gasteiger partial charge in [-0.1, -0.05) is 13.8 Å². The van der Waals surface area contributed by atoms with Gasteiger partial charge in [0.2, 0.25) is 0 Å². The molecule has 1 N–H and O–H groups in total. The lowest BCUT2D eigenvalue weighted by atomic mass is 10.1. The van der Waals surface area contributed by atoms with Gasteiger partial charge in [-0.05, 0) is 30.7 Å². The summed E-state index contributed by atoms with van der Waals surface area (Å²) in [4.78, 5) is 16.5. The van der Waals surface area contributed by atoms with Crippen LogP contribution in [0.1, 0.15) is 25.3 Å². The van der Waals surface area contributed by atoms with Crippen LogP contribution in [0, 0.1) is 12.8 Å². The Kier molecular flexibility index (Phi) is 4.82. The number of thiazole rings is 1. The van der Waals surface area contributed by atoms with Crippen LogP contribution in [0.25, 0.3) is 20.3 Å². The van der Waals surface area contributed by atoms with Crippen molar-refractivity contribution in [1.29, 1.82) is 0 Å². The quantitative estimate of drug-likeness (QED) is 0.720. The van der Waals surface area contributed by atoms with Gasteiger partial charge >= 0.3 is 0 Å². The number of carbonyl (C=O) groups excluding carboxylic acids is 1. The summed E-state index contributed by atoms with van der Waals surface area (Å²) in [6.07, 6.45) is 0.979. The highest BCUT2D eigenvalue weighted by Gasteiger charge is 2.13. The monoisotopic (exact) mass is 348 g/mol. The molecule has 0 saturated heterocycles. The molecule has 3 rings (SSSR count). The number of nitrogens with one attached hydrogen (secondary N) is 1. The summed E-state index contributed by atoms with van der Waals surface area (Å²) < 4.78 is 8.02. The molecule has 0 saturated carbocycles. The van der Waals surface area contributed by atoms with Crippen molar-refractivity contribution in [3.05, 3.63) is 22.5 Å². The van der Waals surface area contributed by atoms with Crippen LogP contribution in [0.4, 0.5) is 0 Å². The van der Waals surface area contributed by atoms with E-state index in [1.807, 2.05) is 24.4 Å². The largest absolute Gasteiger partial charge is 0.483 e. The van der Waals surface area contributed by atoms with E-state index < -0.39 is 0 Å². The van der Waals surface area contributed by atoms with E-state index in [-0.39, 0.29) is 12.5 Å². The average molecular weight is 348 g/mol. The molecule has 0 atom stereocenters. The number of rotatable bonds is 6. The van der Waals surface area contributed by atoms with Crippen molar-refractivity contribution in [1.82, 2.24) is 10.3 Å². The van der Waals surface area contributed by atoms with E-state index in [2.05, 4.69) is 24.1 Å². The first-order valence-electron chi connectivity index (χ1n) is 7.71. The van der Waals surface area contributed by atoms with E-state index in [0.29, 0.717) is 12.5 Å². The number of hydrogen-bond acceptors (Lipinski definition) is 5. The SMILES string of the molecule is Cc1nc2c(cc(OCC(=O)NCCC(C)C)c3ccsc32)s1. The highest BCUT2D eigenvalue weighted by atomic mass is 32.1. The summed E-state index contributed by atoms with van der Waals surface area (Å²) in [5.74, 6) is 1.27. The van der Waals surface area contributed by atoms with E-state index in [1.54, 1.807) is 22.7 Å². The van der Waals surface area contributed by atoms with Crippen LogP contribution in [0.5, 0.6) is 5.75 Å². The third-order valence-corrected chi connectivity index (χ3v) is 5.41. The minimum atomic E-state index is -0.0744. The van der Waals surface area contributed by atoms with E-state index in [9.17, 15) is 4.79 Å². The predicted octanol–water partition coefficient (Wildman–Crippen LogP) is 4.36. The van der Waals surface area contributed by atoms with Gasteiger partial charge in [-0.3, -0.25) is 4.79 Å². The Balaban J connectivity index is 1.74. The van der Waals surface area contributed by atoms with Gasteiger partial charge in [0, 0.05) is 18.0 Å². The third-order valence-electron chi connectivity index (χ3n) is 3.57. The lowest BCUT2D eigenvalue weighted by molar-refractivity contribution is -0.123. The van der Waals surface area contributed by atoms with Crippen LogP contribution in [0.3, 0.4) is 0 Å². The standard InChI is InChI=1S/C17H20N2O2S2/c1-10(2)4-6-18-15(20)9-21-13-8-14-16(19-11(3)23-14)17-12(13)5-7-22-17/h5,7-8,10H,4,6,9H2,1-3H3,(H,18,20). The molecular weight excluding hydrogens is 328 g/mol. The Labute approximate surface area is 143 Å². The zero-order valence-electron chi connectivity index (χ0n) is 13.5. The molecule has 0 bridgehead atoms. The number of ether oxygens (including phenoxy) is 1. The second-order valence-corrected chi connectivity index (χ2v) is 8.09. The smallest absolute Gasteiger partial charge is 0.257 e. The fourth-order valence-electron chi connectivity index (χ4n) is 2.40. The molecule has 0 spiro atoms. The highest BCUT2D eigenvalue weighted by molar-refractivity contribution is 7.21. The number of carbonyl (C=O) groups is 1. The fraction of sp³-hybridized carbons (Fsp3) is 0.412. The van der Waals surface area contributed by atoms with Crippen LogP contribution < -0.4 is 10.1 Å². The average Bonchev–Trinajstić information content (AvgIpc) is 3.09. The lowest BCUT2D eigenvalue weighted by Gasteiger charge is -2.09. The van der Waals surface area contributed by atoms with Crippen LogP contribution >= 0.6 is 22.7 Å². The molecule has 4 nitrogen and oxygen atoms in total. The molecule has 6 heteroatoms. The van der Waals surface area contributed by atoms with Gasteiger partial charge in [0.15, 0.2) is 6.61 Å². The van der Waals surface area contributed by atoms with Crippen LogP contribution in [0.15, 0.2) is 17.5 Å². The first-order valence-corrected chi connectivity index (χ1v) is 9.41. The Morgan fingerprint density at radius 2 is 2.26 bits per heavy atom. The summed E-state index contributed by atoms with van der Waals surface area (Å²) in [6.45, 7) is 7.03. The van der Waals surface area contributed by atoms with E-state index in [0.717, 1.165) is 37.5 Å². The van der Waals surface area contributed by atoms with Crippen molar-refractivity contribution in [3.63, 3.8) is 0 Å². The molecule has 0 radical (unpaired) electrons. The summed E-state index contributed by atoms with van der Waals surface area (Å²) in [5.41, 5.74) is 1.03. The van der Waals surface area contributed by atoms with E-state index >= 15 is 0 Å². The van der Waals surface area contributed by atoms with Crippen LogP contribution in [0.2, 0.25) is 0 Å². The summed E-state index contributed by atoms with van der Waals surface area (Å²) in [5, 5.41) is 7.00. The van der Waals surface area contributed by atoms with Gasteiger partial charge in [0.25, 0.3) is 5.91 Å². The number of benzene rings is 1. The number of amides is 1. The van der Waals surface area contributed by atoms with Gasteiger partial charge in [0.05, 0.1) is 19.9 Å². The van der Waals surface area contributed by atoms with Gasteiger partial charge in [-0.15, -0.1) is 22.7 Å². The molecule has 0 aliphatic heterocycles. The normalized spacial score (nSPS) is 11.5. The minimum Gasteiger partial charge on any atom is -0.483 e. The fourth-order valence-corrected chi connectivity index (χ4v) is 4.23. The second kappa shape index (κ2) is 6.84. The third kappa shape index (κ3) is 3.64. The maximum absolute atomic E-state index is 11.9. The van der Waals surface area contributed by atoms with Crippen molar-refractivity contribution in [3.8, 4) is 5.75 Å². The van der Waals surface area contributed by atoms with Crippen molar-refractivity contribution in [2.24, 2.45) is 5.92 Å². The molecule has 0 unspecified atom stereocenters. The van der Waals surface area contributed by atoms with Crippen LogP contribution in [-0.2, 0) is 4.79 Å². The number of hydrogen-bond donors (Lipinski definition) is 1. The van der Waals surface area contributed by atoms with Crippen LogP contribution in [-0.4, -0.2) is 24.0 Å². The molecule has 1 amide bonds. The zero-order chi connectivity index (χ0) is 16.4. The molecular formula is C17H20N2O2S2. The maximum atomic E-state index is 11.9. The molecule has 0 aliphatic carbocycles. The number of thiophene rings is 1. The Morgan fingerprint density at radius 1 is 1.43 bits per heavy atom. The molecule has 3 aromatic rings. The van der Waals surface area contributed by atoms with Crippen molar-refractivity contribution >= 4 is 48.9 Å². The molecule has 1 aromatic carbocycles. The highest BCUT2D eigenvalue weighted by Crippen LogP contribution is 2.38. The predicted molar refractivity (Wildman–Crippen MR) is 97.7 cm³/mol. The molecule has 2 aromatic heterocycles. The summed E-state index contributed by atoms with van der Waals surface area (Å²) in [7, 11) is 0. The van der Waals surface area contributed by atoms with E-state index in [1.165, 1.54) is 0 Å². The Morgan fingerprint density at radius 3 is 3.04 bits per heavy atom. The zero-order valence-corrected chi connectivity index (χ0v) is 15.1. The van der Waals surface area contributed by atoms with Crippen molar-refractivity contribution < 1.29 is 9.53 Å². The van der Waals surface area contributed by atoms with Gasteiger partial charge in [-0.25, -0.2) is 4.98 Å². The van der Waals surface area contributed by atoms with Crippen molar-refractivity contribution in [2.45, 2.75) is 27.2 Å². The van der Waals surface area contributed by atoms with E-state index in [4.69, 9.17) is 4.74 Å². The lowest BCUT2D eigenvalue weighted by Crippen LogP contribution is -2.30. The molecule has 0 aliphatic rings. The molecule has 2 heterocycles. The van der Waals surface area contributed by atoms with Gasteiger partial charge < -0.3 is 10.1 Å².